The maximum absolute atomic E-state index is 12.9. The predicted octanol–water partition coefficient (Wildman–Crippen LogP) is 4.01. The lowest BCUT2D eigenvalue weighted by Crippen LogP contribution is -2.17. The highest BCUT2D eigenvalue weighted by atomic mass is 35.5. The monoisotopic (exact) mass is 340 g/mol. The number of nitrogens with one attached hydrogen (secondary N) is 1. The summed E-state index contributed by atoms with van der Waals surface area (Å²) in [4.78, 5) is 21.9. The lowest BCUT2D eigenvalue weighted by Gasteiger charge is -2.11. The van der Waals surface area contributed by atoms with Gasteiger partial charge in [0.05, 0.1) is 28.8 Å². The van der Waals surface area contributed by atoms with Gasteiger partial charge in [0.25, 0.3) is 5.69 Å². The van der Waals surface area contributed by atoms with Crippen molar-refractivity contribution in [3.8, 4) is 11.5 Å². The molecule has 7 nitrogen and oxygen atoms in total. The lowest BCUT2D eigenvalue weighted by molar-refractivity contribution is -0.384. The molecule has 0 aliphatic heterocycles. The summed E-state index contributed by atoms with van der Waals surface area (Å²) in [6.45, 7) is 0. The van der Waals surface area contributed by atoms with Crippen LogP contribution in [-0.4, -0.2) is 18.1 Å². The first-order valence-corrected chi connectivity index (χ1v) is 6.55. The Morgan fingerprint density at radius 2 is 2.00 bits per heavy atom. The van der Waals surface area contributed by atoms with E-state index in [1.54, 1.807) is 0 Å². The first-order chi connectivity index (χ1) is 10.9. The fourth-order valence-corrected chi connectivity index (χ4v) is 1.90. The van der Waals surface area contributed by atoms with Crippen LogP contribution in [0.3, 0.4) is 0 Å². The van der Waals surface area contributed by atoms with Gasteiger partial charge in [-0.3, -0.25) is 15.4 Å². The van der Waals surface area contributed by atoms with E-state index < -0.39 is 16.8 Å². The van der Waals surface area contributed by atoms with Crippen molar-refractivity contribution in [3.63, 3.8) is 0 Å². The summed E-state index contributed by atoms with van der Waals surface area (Å²) in [7, 11) is 1.30. The average molecular weight is 341 g/mol. The summed E-state index contributed by atoms with van der Waals surface area (Å²) in [5, 5.41) is 13.0. The molecule has 0 bridgehead atoms. The van der Waals surface area contributed by atoms with Gasteiger partial charge in [0, 0.05) is 6.07 Å². The zero-order chi connectivity index (χ0) is 17.0. The maximum atomic E-state index is 12.9. The van der Waals surface area contributed by atoms with E-state index in [9.17, 15) is 19.3 Å². The third-order valence-electron chi connectivity index (χ3n) is 2.73. The molecule has 0 aliphatic rings. The summed E-state index contributed by atoms with van der Waals surface area (Å²) in [5.74, 6) is -0.521. The van der Waals surface area contributed by atoms with Gasteiger partial charge in [-0.15, -0.1) is 0 Å². The Bertz CT molecular complexity index is 769. The molecule has 0 heterocycles. The van der Waals surface area contributed by atoms with E-state index in [1.165, 1.54) is 25.3 Å². The molecule has 0 unspecified atom stereocenters. The number of amides is 1. The van der Waals surface area contributed by atoms with Gasteiger partial charge >= 0.3 is 6.09 Å². The Hall–Kier alpha value is -2.87. The topological polar surface area (TPSA) is 90.7 Å². The summed E-state index contributed by atoms with van der Waals surface area (Å²) < 4.78 is 22.8. The zero-order valence-electron chi connectivity index (χ0n) is 11.7. The molecule has 1 amide bonds. The van der Waals surface area contributed by atoms with Gasteiger partial charge in [-0.05, 0) is 24.3 Å². The second-order valence-electron chi connectivity index (χ2n) is 4.23. The molecule has 1 N–H and O–H groups in total. The number of halogens is 2. The van der Waals surface area contributed by atoms with Crippen LogP contribution in [0.1, 0.15) is 0 Å². The molecule has 9 heteroatoms. The number of benzene rings is 2. The fourth-order valence-electron chi connectivity index (χ4n) is 1.69. The number of hydrogen-bond donors (Lipinski definition) is 1. The van der Waals surface area contributed by atoms with E-state index in [0.717, 1.165) is 18.2 Å². The highest BCUT2D eigenvalue weighted by Gasteiger charge is 2.15. The molecule has 23 heavy (non-hydrogen) atoms. The molecule has 0 fully saturated rings. The number of rotatable bonds is 4. The number of hydrogen-bond acceptors (Lipinski definition) is 5. The first-order valence-electron chi connectivity index (χ1n) is 6.17. The van der Waals surface area contributed by atoms with Crippen LogP contribution in [0.2, 0.25) is 5.02 Å². The molecule has 2 aromatic carbocycles. The average Bonchev–Trinajstić information content (AvgIpc) is 2.50. The van der Waals surface area contributed by atoms with Crippen LogP contribution in [0.15, 0.2) is 36.4 Å². The normalized spacial score (nSPS) is 10.0. The minimum atomic E-state index is -0.911. The SMILES string of the molecule is COc1cc([N+](=O)[O-])ccc1NC(=O)Oc1ccc(F)cc1Cl. The van der Waals surface area contributed by atoms with Crippen LogP contribution in [0.5, 0.6) is 11.5 Å². The lowest BCUT2D eigenvalue weighted by atomic mass is 10.2. The predicted molar refractivity (Wildman–Crippen MR) is 80.7 cm³/mol. The Labute approximate surface area is 134 Å². The molecule has 2 rings (SSSR count). The van der Waals surface area contributed by atoms with Gasteiger partial charge in [-0.1, -0.05) is 11.6 Å². The van der Waals surface area contributed by atoms with Gasteiger partial charge in [0.2, 0.25) is 0 Å². The summed E-state index contributed by atoms with van der Waals surface area (Å²) in [6.07, 6.45) is -0.911. The van der Waals surface area contributed by atoms with Crippen LogP contribution in [0, 0.1) is 15.9 Å². The van der Waals surface area contributed by atoms with Crippen LogP contribution in [0.25, 0.3) is 0 Å². The Morgan fingerprint density at radius 3 is 2.61 bits per heavy atom. The third-order valence-corrected chi connectivity index (χ3v) is 3.02. The van der Waals surface area contributed by atoms with Gasteiger partial charge in [0.15, 0.2) is 5.75 Å². The Balaban J connectivity index is 2.15. The first kappa shape index (κ1) is 16.5. The van der Waals surface area contributed by atoms with Crippen molar-refractivity contribution in [2.75, 3.05) is 12.4 Å². The van der Waals surface area contributed by atoms with Crippen LogP contribution in [0.4, 0.5) is 20.6 Å². The summed E-state index contributed by atoms with van der Waals surface area (Å²) in [5.41, 5.74) is -0.0244. The Kier molecular flexibility index (Phi) is 4.97. The number of nitro groups is 1. The van der Waals surface area contributed by atoms with Gasteiger partial charge in [0.1, 0.15) is 11.6 Å². The molecule has 0 saturated heterocycles. The number of methoxy groups -OCH3 is 1. The van der Waals surface area contributed by atoms with Crippen molar-refractivity contribution in [1.29, 1.82) is 0 Å². The molecular weight excluding hydrogens is 331 g/mol. The standard InChI is InChI=1S/C14H10ClFN2O5/c1-22-13-7-9(18(20)21)3-4-11(13)17-14(19)23-12-5-2-8(16)6-10(12)15/h2-7H,1H3,(H,17,19). The van der Waals surface area contributed by atoms with Gasteiger partial charge in [-0.25, -0.2) is 9.18 Å². The zero-order valence-corrected chi connectivity index (χ0v) is 12.5. The quantitative estimate of drug-likeness (QED) is 0.670. The van der Waals surface area contributed by atoms with Crippen molar-refractivity contribution in [1.82, 2.24) is 0 Å². The molecule has 0 aliphatic carbocycles. The van der Waals surface area contributed by atoms with Gasteiger partial charge < -0.3 is 9.47 Å². The highest BCUT2D eigenvalue weighted by molar-refractivity contribution is 6.32. The number of nitro benzene ring substituents is 1. The molecule has 0 saturated carbocycles. The maximum Gasteiger partial charge on any atom is 0.417 e. The third kappa shape index (κ3) is 4.07. The number of carbonyl (C=O) groups is 1. The Morgan fingerprint density at radius 1 is 1.26 bits per heavy atom. The fraction of sp³-hybridized carbons (Fsp3) is 0.0714. The van der Waals surface area contributed by atoms with E-state index in [1.807, 2.05) is 0 Å². The molecule has 2 aromatic rings. The number of non-ortho nitro benzene ring substituents is 1. The second kappa shape index (κ2) is 6.93. The van der Waals surface area contributed by atoms with Gasteiger partial charge in [-0.2, -0.15) is 0 Å². The summed E-state index contributed by atoms with van der Waals surface area (Å²) in [6, 6.07) is 6.93. The van der Waals surface area contributed by atoms with Crippen molar-refractivity contribution >= 4 is 29.1 Å². The van der Waals surface area contributed by atoms with Crippen molar-refractivity contribution in [2.45, 2.75) is 0 Å². The van der Waals surface area contributed by atoms with E-state index in [4.69, 9.17) is 21.1 Å². The highest BCUT2D eigenvalue weighted by Crippen LogP contribution is 2.30. The summed E-state index contributed by atoms with van der Waals surface area (Å²) >= 11 is 5.75. The van der Waals surface area contributed by atoms with E-state index >= 15 is 0 Å². The van der Waals surface area contributed by atoms with E-state index in [0.29, 0.717) is 0 Å². The minimum absolute atomic E-state index is 0.0357. The van der Waals surface area contributed by atoms with Crippen LogP contribution >= 0.6 is 11.6 Å². The molecule has 0 spiro atoms. The molecule has 0 radical (unpaired) electrons. The number of ether oxygens (including phenoxy) is 2. The van der Waals surface area contributed by atoms with Crippen LogP contribution < -0.4 is 14.8 Å². The molecule has 0 atom stereocenters. The molecule has 0 aromatic heterocycles. The molecule has 120 valence electrons. The van der Waals surface area contributed by atoms with Crippen LogP contribution in [-0.2, 0) is 0 Å². The van der Waals surface area contributed by atoms with E-state index in [2.05, 4.69) is 5.32 Å². The van der Waals surface area contributed by atoms with Crippen molar-refractivity contribution in [3.05, 3.63) is 57.4 Å². The largest absolute Gasteiger partial charge is 0.494 e. The van der Waals surface area contributed by atoms with E-state index in [-0.39, 0.29) is 27.9 Å². The number of nitrogens with zero attached hydrogens (tertiary/aromatic N) is 1. The number of carbonyl (C=O) groups excluding carboxylic acids is 1. The molecular formula is C14H10ClFN2O5. The second-order valence-corrected chi connectivity index (χ2v) is 4.64. The smallest absolute Gasteiger partial charge is 0.417 e. The van der Waals surface area contributed by atoms with Crippen molar-refractivity contribution < 1.29 is 23.6 Å². The minimum Gasteiger partial charge on any atom is -0.494 e. The van der Waals surface area contributed by atoms with Crippen molar-refractivity contribution in [2.24, 2.45) is 0 Å². The number of anilines is 1.